The Morgan fingerprint density at radius 2 is 1.86 bits per heavy atom. The molecule has 0 amide bonds. The molecule has 0 fully saturated rings. The molecule has 0 saturated carbocycles. The third-order valence-electron chi connectivity index (χ3n) is 3.17. The number of nitrogens with zero attached hydrogens (tertiary/aromatic N) is 6. The Morgan fingerprint density at radius 1 is 1.07 bits per heavy atom. The van der Waals surface area contributed by atoms with Gasteiger partial charge in [-0.3, -0.25) is 23.5 Å². The van der Waals surface area contributed by atoms with Crippen molar-refractivity contribution in [1.29, 1.82) is 0 Å². The van der Waals surface area contributed by atoms with Crippen LogP contribution in [0.4, 0.5) is 22.0 Å². The molecular formula is C17H9F5IrN6-2. The second-order valence-corrected chi connectivity index (χ2v) is 5.14. The van der Waals surface area contributed by atoms with Crippen molar-refractivity contribution in [3.05, 3.63) is 78.5 Å². The summed E-state index contributed by atoms with van der Waals surface area (Å²) in [4.78, 5) is 7.05. The minimum Gasteiger partial charge on any atom is -0.413 e. The Labute approximate surface area is 174 Å². The summed E-state index contributed by atoms with van der Waals surface area (Å²) < 4.78 is 63.3. The van der Waals surface area contributed by atoms with E-state index in [4.69, 9.17) is 0 Å². The number of rotatable bonds is 2. The van der Waals surface area contributed by atoms with Gasteiger partial charge in [0.05, 0.1) is 5.69 Å². The average molecular weight is 585 g/mol. The van der Waals surface area contributed by atoms with Crippen LogP contribution in [0.1, 0.15) is 5.82 Å². The maximum atomic E-state index is 13.1. The Hall–Kier alpha value is -2.98. The van der Waals surface area contributed by atoms with Gasteiger partial charge in [-0.2, -0.15) is 24.3 Å². The van der Waals surface area contributed by atoms with Gasteiger partial charge in [0.2, 0.25) is 0 Å². The van der Waals surface area contributed by atoms with Crippen molar-refractivity contribution in [3.8, 4) is 17.2 Å². The molecule has 0 saturated heterocycles. The summed E-state index contributed by atoms with van der Waals surface area (Å²) in [7, 11) is 0. The van der Waals surface area contributed by atoms with E-state index in [0.29, 0.717) is 0 Å². The van der Waals surface area contributed by atoms with E-state index >= 15 is 0 Å². The number of hydrogen-bond acceptors (Lipinski definition) is 4. The van der Waals surface area contributed by atoms with Crippen LogP contribution in [-0.4, -0.2) is 24.8 Å². The van der Waals surface area contributed by atoms with Gasteiger partial charge >= 0.3 is 6.18 Å². The molecule has 3 heterocycles. The minimum atomic E-state index is -4.57. The van der Waals surface area contributed by atoms with Crippen LogP contribution in [0.2, 0.25) is 0 Å². The zero-order chi connectivity index (χ0) is 20.1. The number of halogens is 5. The Bertz CT molecular complexity index is 1030. The molecule has 1 radical (unpaired) electrons. The molecule has 6 nitrogen and oxygen atoms in total. The Balaban J connectivity index is 0.000000202. The fourth-order valence-electron chi connectivity index (χ4n) is 1.98. The monoisotopic (exact) mass is 585 g/mol. The van der Waals surface area contributed by atoms with Crippen LogP contribution in [0, 0.1) is 17.7 Å². The predicted molar refractivity (Wildman–Crippen MR) is 85.9 cm³/mol. The molecule has 0 aliphatic rings. The number of aromatic nitrogens is 6. The van der Waals surface area contributed by atoms with E-state index < -0.39 is 23.6 Å². The van der Waals surface area contributed by atoms with E-state index in [0.717, 1.165) is 12.1 Å². The van der Waals surface area contributed by atoms with Crippen LogP contribution in [0.3, 0.4) is 0 Å². The van der Waals surface area contributed by atoms with Crippen LogP contribution >= 0.6 is 0 Å². The molecule has 4 aromatic rings. The molecule has 0 bridgehead atoms. The molecule has 4 rings (SSSR count). The summed E-state index contributed by atoms with van der Waals surface area (Å²) in [5.41, 5.74) is 0.381. The normalized spacial score (nSPS) is 10.7. The van der Waals surface area contributed by atoms with Gasteiger partial charge < -0.3 is 10.1 Å². The fraction of sp³-hybridized carbons (Fsp3) is 0.0588. The number of hydrogen-bond donors (Lipinski definition) is 0. The van der Waals surface area contributed by atoms with E-state index in [-0.39, 0.29) is 37.3 Å². The van der Waals surface area contributed by atoms with Crippen LogP contribution in [0.25, 0.3) is 17.2 Å². The van der Waals surface area contributed by atoms with Crippen LogP contribution in [0.5, 0.6) is 0 Å². The van der Waals surface area contributed by atoms with Crippen LogP contribution in [0.15, 0.2) is 55.0 Å². The zero-order valence-corrected chi connectivity index (χ0v) is 16.5. The zero-order valence-electron chi connectivity index (χ0n) is 14.1. The van der Waals surface area contributed by atoms with Gasteiger partial charge in [0.1, 0.15) is 5.82 Å². The molecule has 0 aliphatic heterocycles. The Kier molecular flexibility index (Phi) is 7.29. The van der Waals surface area contributed by atoms with Crippen molar-refractivity contribution in [2.75, 3.05) is 0 Å². The summed E-state index contributed by atoms with van der Waals surface area (Å²) >= 11 is 0. The first-order chi connectivity index (χ1) is 13.3. The summed E-state index contributed by atoms with van der Waals surface area (Å²) in [5, 5.41) is 10.0. The first-order valence-electron chi connectivity index (χ1n) is 7.57. The van der Waals surface area contributed by atoms with Crippen molar-refractivity contribution in [2.45, 2.75) is 6.18 Å². The molecule has 3 aromatic heterocycles. The van der Waals surface area contributed by atoms with Crippen molar-refractivity contribution in [1.82, 2.24) is 29.9 Å². The molecule has 0 atom stereocenters. The smallest absolute Gasteiger partial charge is 0.413 e. The van der Waals surface area contributed by atoms with Crippen molar-refractivity contribution >= 4 is 0 Å². The summed E-state index contributed by atoms with van der Waals surface area (Å²) in [6, 6.07) is 10.8. The van der Waals surface area contributed by atoms with E-state index in [1.165, 1.54) is 23.1 Å². The Morgan fingerprint density at radius 3 is 2.41 bits per heavy atom. The maximum Gasteiger partial charge on any atom is 0.429 e. The second kappa shape index (κ2) is 9.48. The second-order valence-electron chi connectivity index (χ2n) is 5.14. The number of alkyl halides is 3. The van der Waals surface area contributed by atoms with E-state index in [2.05, 4.69) is 31.3 Å². The van der Waals surface area contributed by atoms with E-state index in [9.17, 15) is 22.0 Å². The molecule has 0 unspecified atom stereocenters. The van der Waals surface area contributed by atoms with Gasteiger partial charge in [0.15, 0.2) is 0 Å². The third kappa shape index (κ3) is 5.75. The molecule has 0 N–H and O–H groups in total. The van der Waals surface area contributed by atoms with Crippen molar-refractivity contribution < 1.29 is 42.1 Å². The predicted octanol–water partition coefficient (Wildman–Crippen LogP) is 3.46. The topological polar surface area (TPSA) is 70.6 Å². The summed E-state index contributed by atoms with van der Waals surface area (Å²) in [6.07, 6.45) is -0.0531. The van der Waals surface area contributed by atoms with Crippen molar-refractivity contribution in [2.24, 2.45) is 0 Å². The first-order valence-corrected chi connectivity index (χ1v) is 7.57. The molecule has 0 spiro atoms. The van der Waals surface area contributed by atoms with Crippen LogP contribution in [-0.2, 0) is 26.3 Å². The fourth-order valence-corrected chi connectivity index (χ4v) is 1.98. The molecule has 0 aliphatic carbocycles. The van der Waals surface area contributed by atoms with E-state index in [1.807, 2.05) is 0 Å². The number of benzene rings is 1. The first kappa shape index (κ1) is 22.3. The quantitative estimate of drug-likeness (QED) is 0.267. The van der Waals surface area contributed by atoms with Gasteiger partial charge in [-0.25, -0.2) is 0 Å². The molecule has 29 heavy (non-hydrogen) atoms. The standard InChI is InChI=1S/C9H5F2N2.C8H4F3N4.Ir/c10-7-2-3-9(8(11)6-7)13-5-1-4-12-13;9-8(10,11)7-13-6(14-15-7)5-3-1-2-4-12-5;/h1-2,4-6H;1-4H;/q2*-1;. The average Bonchev–Trinajstić information content (AvgIpc) is 3.35. The molecule has 12 heteroatoms. The van der Waals surface area contributed by atoms with Crippen LogP contribution < -0.4 is 5.10 Å². The molecule has 153 valence electrons. The van der Waals surface area contributed by atoms with Gasteiger partial charge in [0, 0.05) is 50.3 Å². The number of pyridine rings is 1. The van der Waals surface area contributed by atoms with Gasteiger partial charge in [0.25, 0.3) is 0 Å². The maximum absolute atomic E-state index is 13.1. The van der Waals surface area contributed by atoms with Crippen molar-refractivity contribution in [3.63, 3.8) is 0 Å². The van der Waals surface area contributed by atoms with Gasteiger partial charge in [-0.05, 0) is 29.7 Å². The summed E-state index contributed by atoms with van der Waals surface area (Å²) in [5.74, 6) is -2.69. The third-order valence-corrected chi connectivity index (χ3v) is 3.17. The van der Waals surface area contributed by atoms with Gasteiger partial charge in [-0.1, -0.05) is 6.07 Å². The molecular weight excluding hydrogens is 575 g/mol. The largest absolute Gasteiger partial charge is 0.429 e. The van der Waals surface area contributed by atoms with E-state index in [1.54, 1.807) is 24.4 Å². The minimum absolute atomic E-state index is 0. The molecule has 1 aromatic carbocycles. The SMILES string of the molecule is FC(F)(F)c1n[n-]c(-c2ccccn2)n1.Fc1c[c-]c(-n2cccn2)c(F)c1.[Ir]. The summed E-state index contributed by atoms with van der Waals surface area (Å²) in [6.45, 7) is 0. The van der Waals surface area contributed by atoms with Gasteiger partial charge in [-0.15, -0.1) is 12.1 Å².